The van der Waals surface area contributed by atoms with Gasteiger partial charge in [0.2, 0.25) is 0 Å². The van der Waals surface area contributed by atoms with Gasteiger partial charge < -0.3 is 28.8 Å². The van der Waals surface area contributed by atoms with E-state index in [0.717, 1.165) is 11.3 Å². The predicted octanol–water partition coefficient (Wildman–Crippen LogP) is 6.63. The van der Waals surface area contributed by atoms with Crippen LogP contribution in [0.3, 0.4) is 0 Å². The Bertz CT molecular complexity index is 1420. The van der Waals surface area contributed by atoms with E-state index in [-0.39, 0.29) is 22.6 Å². The van der Waals surface area contributed by atoms with E-state index in [2.05, 4.69) is 0 Å². The summed E-state index contributed by atoms with van der Waals surface area (Å²) >= 11 is 0. The van der Waals surface area contributed by atoms with Crippen molar-refractivity contribution in [2.75, 3.05) is 27.4 Å². The van der Waals surface area contributed by atoms with Crippen molar-refractivity contribution in [1.29, 1.82) is 0 Å². The number of rotatable bonds is 11. The Morgan fingerprint density at radius 1 is 0.625 bits per heavy atom. The smallest absolute Gasteiger partial charge is 0.347 e. The Morgan fingerprint density at radius 2 is 1.12 bits per heavy atom. The molecule has 3 aromatic carbocycles. The van der Waals surface area contributed by atoms with Crippen LogP contribution in [0.15, 0.2) is 24.3 Å². The number of esters is 1. The third-order valence-electron chi connectivity index (χ3n) is 7.22. The molecule has 40 heavy (non-hydrogen) atoms. The molecule has 0 aliphatic heterocycles. The predicted molar refractivity (Wildman–Crippen MR) is 153 cm³/mol. The Morgan fingerprint density at radius 3 is 1.70 bits per heavy atom. The monoisotopic (exact) mass is 550 g/mol. The van der Waals surface area contributed by atoms with E-state index in [0.29, 0.717) is 59.0 Å². The maximum Gasteiger partial charge on any atom is 0.347 e. The first-order chi connectivity index (χ1) is 18.9. The van der Waals surface area contributed by atoms with E-state index in [4.69, 9.17) is 23.7 Å². The summed E-state index contributed by atoms with van der Waals surface area (Å²) in [5, 5.41) is 9.70. The number of benzene rings is 3. The number of aryl methyl sites for hydroxylation is 1. The van der Waals surface area contributed by atoms with Gasteiger partial charge in [0, 0.05) is 17.5 Å². The summed E-state index contributed by atoms with van der Waals surface area (Å²) in [6.45, 7) is 13.6. The summed E-state index contributed by atoms with van der Waals surface area (Å²) in [5.74, 6) is 0.514. The van der Waals surface area contributed by atoms with Gasteiger partial charge in [-0.3, -0.25) is 0 Å². The van der Waals surface area contributed by atoms with Gasteiger partial charge in [-0.25, -0.2) is 9.59 Å². The highest BCUT2D eigenvalue weighted by molar-refractivity contribution is 5.98. The molecule has 0 amide bonds. The fourth-order valence-corrected chi connectivity index (χ4v) is 4.78. The maximum atomic E-state index is 13.6. The van der Waals surface area contributed by atoms with E-state index in [9.17, 15) is 14.7 Å². The first-order valence-electron chi connectivity index (χ1n) is 13.1. The molecule has 8 nitrogen and oxygen atoms in total. The van der Waals surface area contributed by atoms with Crippen LogP contribution in [0.5, 0.6) is 28.7 Å². The van der Waals surface area contributed by atoms with Gasteiger partial charge in [-0.05, 0) is 82.9 Å². The van der Waals surface area contributed by atoms with Gasteiger partial charge in [0.15, 0.2) is 0 Å². The van der Waals surface area contributed by atoms with Crippen LogP contribution in [0, 0.1) is 48.5 Å². The lowest BCUT2D eigenvalue weighted by molar-refractivity contribution is 0.0692. The van der Waals surface area contributed by atoms with E-state index >= 15 is 0 Å². The minimum atomic E-state index is -1.11. The van der Waals surface area contributed by atoms with E-state index in [1.54, 1.807) is 20.8 Å². The lowest BCUT2D eigenvalue weighted by atomic mass is 9.96. The van der Waals surface area contributed by atoms with Crippen LogP contribution in [-0.2, 0) is 0 Å². The first kappa shape index (κ1) is 30.3. The third kappa shape index (κ3) is 6.01. The fraction of sp³-hybridized carbons (Fsp3) is 0.375. The molecule has 0 saturated carbocycles. The van der Waals surface area contributed by atoms with E-state index < -0.39 is 11.9 Å². The fourth-order valence-electron chi connectivity index (χ4n) is 4.78. The number of hydrogen-bond donors (Lipinski definition) is 1. The maximum absolute atomic E-state index is 13.6. The molecule has 0 radical (unpaired) electrons. The molecule has 0 saturated heterocycles. The van der Waals surface area contributed by atoms with Crippen molar-refractivity contribution < 1.29 is 38.4 Å². The van der Waals surface area contributed by atoms with Crippen molar-refractivity contribution in [1.82, 2.24) is 0 Å². The van der Waals surface area contributed by atoms with Crippen LogP contribution in [0.2, 0.25) is 0 Å². The summed E-state index contributed by atoms with van der Waals surface area (Å²) < 4.78 is 28.9. The molecule has 0 fully saturated rings. The zero-order chi connectivity index (χ0) is 29.7. The largest absolute Gasteiger partial charge is 0.495 e. The second-order valence-corrected chi connectivity index (χ2v) is 9.78. The highest BCUT2D eigenvalue weighted by Crippen LogP contribution is 2.41. The Balaban J connectivity index is 1.86. The molecule has 0 aromatic heterocycles. The molecule has 0 spiro atoms. The van der Waals surface area contributed by atoms with Crippen LogP contribution < -0.4 is 23.7 Å². The van der Waals surface area contributed by atoms with Crippen molar-refractivity contribution >= 4 is 11.9 Å². The van der Waals surface area contributed by atoms with Crippen LogP contribution in [-0.4, -0.2) is 44.5 Å². The summed E-state index contributed by atoms with van der Waals surface area (Å²) in [4.78, 5) is 25.5. The van der Waals surface area contributed by atoms with Crippen LogP contribution in [0.1, 0.15) is 66.1 Å². The van der Waals surface area contributed by atoms with Gasteiger partial charge in [-0.2, -0.15) is 0 Å². The molecular weight excluding hydrogens is 512 g/mol. The molecule has 0 atom stereocenters. The lowest BCUT2D eigenvalue weighted by Gasteiger charge is -2.22. The van der Waals surface area contributed by atoms with Crippen LogP contribution >= 0.6 is 0 Å². The molecule has 1 N–H and O–H groups in total. The molecule has 3 aromatic rings. The molecule has 0 heterocycles. The van der Waals surface area contributed by atoms with E-state index in [1.807, 2.05) is 52.0 Å². The van der Waals surface area contributed by atoms with Gasteiger partial charge in [0.25, 0.3) is 0 Å². The summed E-state index contributed by atoms with van der Waals surface area (Å²) in [7, 11) is 2.89. The number of carbonyl (C=O) groups excluding carboxylic acids is 1. The number of aromatic carboxylic acids is 1. The Kier molecular flexibility index (Phi) is 9.69. The molecule has 0 aliphatic rings. The molecule has 0 unspecified atom stereocenters. The Hall–Kier alpha value is -4.20. The molecule has 0 bridgehead atoms. The molecular formula is C32H38O8. The third-order valence-corrected chi connectivity index (χ3v) is 7.22. The quantitative estimate of drug-likeness (QED) is 0.161. The minimum Gasteiger partial charge on any atom is -0.495 e. The molecule has 3 rings (SSSR count). The van der Waals surface area contributed by atoms with Crippen LogP contribution in [0.25, 0.3) is 0 Å². The van der Waals surface area contributed by atoms with Crippen molar-refractivity contribution in [2.45, 2.75) is 54.9 Å². The average Bonchev–Trinajstić information content (AvgIpc) is 2.92. The first-order valence-corrected chi connectivity index (χ1v) is 13.1. The summed E-state index contributed by atoms with van der Waals surface area (Å²) in [6.07, 6.45) is 0.671. The molecule has 8 heteroatoms. The molecule has 214 valence electrons. The zero-order valence-corrected chi connectivity index (χ0v) is 24.7. The molecule has 0 aliphatic carbocycles. The number of methoxy groups -OCH3 is 2. The van der Waals surface area contributed by atoms with Crippen molar-refractivity contribution in [2.24, 2.45) is 0 Å². The number of ether oxygens (including phenoxy) is 5. The van der Waals surface area contributed by atoms with Crippen LogP contribution in [0.4, 0.5) is 0 Å². The number of carbonyl (C=O) groups is 2. The SMILES string of the molecule is COc1c(C)c(OC(=O)c2c(C)c(C)c(OCCCOc3ccc(C)cc3)c(C)c2OC)c(C)c(C)c1C(=O)O. The van der Waals surface area contributed by atoms with Gasteiger partial charge in [0.1, 0.15) is 39.9 Å². The zero-order valence-electron chi connectivity index (χ0n) is 24.7. The number of hydrogen-bond acceptors (Lipinski definition) is 7. The van der Waals surface area contributed by atoms with Crippen molar-refractivity contribution in [3.05, 3.63) is 74.3 Å². The van der Waals surface area contributed by atoms with Crippen molar-refractivity contribution in [3.8, 4) is 28.7 Å². The Labute approximate surface area is 235 Å². The minimum absolute atomic E-state index is 0.0449. The average molecular weight is 551 g/mol. The highest BCUT2D eigenvalue weighted by atomic mass is 16.5. The summed E-state index contributed by atoms with van der Waals surface area (Å²) in [6, 6.07) is 7.89. The lowest BCUT2D eigenvalue weighted by Crippen LogP contribution is -2.17. The van der Waals surface area contributed by atoms with E-state index in [1.165, 1.54) is 19.8 Å². The van der Waals surface area contributed by atoms with Crippen molar-refractivity contribution in [3.63, 3.8) is 0 Å². The van der Waals surface area contributed by atoms with Gasteiger partial charge >= 0.3 is 11.9 Å². The van der Waals surface area contributed by atoms with Gasteiger partial charge in [0.05, 0.1) is 27.4 Å². The second kappa shape index (κ2) is 12.8. The topological polar surface area (TPSA) is 101 Å². The highest BCUT2D eigenvalue weighted by Gasteiger charge is 2.29. The number of carboxylic acids is 1. The van der Waals surface area contributed by atoms with Gasteiger partial charge in [-0.1, -0.05) is 17.7 Å². The normalized spacial score (nSPS) is 10.7. The summed E-state index contributed by atoms with van der Waals surface area (Å²) in [5.41, 5.74) is 5.08. The van der Waals surface area contributed by atoms with Gasteiger partial charge in [-0.15, -0.1) is 0 Å². The standard InChI is InChI=1S/C32H38O8/c1-17-11-13-24(14-12-17)38-15-10-16-39-27-20(4)19(3)26(30(37-9)22(27)6)32(35)40-28-21(5)18(2)25(31(33)34)29(36-8)23(28)7/h11-14H,10,15-16H2,1-9H3,(H,33,34). The number of carboxylic acid groups (broad SMARTS) is 1. The second-order valence-electron chi connectivity index (χ2n) is 9.78.